The Kier molecular flexibility index (Phi) is 7.97. The van der Waals surface area contributed by atoms with Crippen LogP contribution in [0.1, 0.15) is 54.3 Å². The maximum absolute atomic E-state index is 13.4. The normalized spacial score (nSPS) is 18.1. The van der Waals surface area contributed by atoms with Gasteiger partial charge in [0.1, 0.15) is 12.4 Å². The third kappa shape index (κ3) is 5.59. The van der Waals surface area contributed by atoms with Crippen LogP contribution in [0.2, 0.25) is 5.02 Å². The van der Waals surface area contributed by atoms with Gasteiger partial charge in [0, 0.05) is 30.2 Å². The molecular weight excluding hydrogens is 412 g/mol. The van der Waals surface area contributed by atoms with E-state index in [0.717, 1.165) is 12.8 Å². The number of nitrogens with zero attached hydrogens (tertiary/aromatic N) is 2. The van der Waals surface area contributed by atoms with Crippen molar-refractivity contribution in [2.75, 3.05) is 26.2 Å². The number of carbonyl (C=O) groups is 2. The van der Waals surface area contributed by atoms with Gasteiger partial charge in [0.15, 0.2) is 0 Å². The summed E-state index contributed by atoms with van der Waals surface area (Å²) in [5.41, 5.74) is 1.15. The summed E-state index contributed by atoms with van der Waals surface area (Å²) < 4.78 is 6.17. The van der Waals surface area contributed by atoms with Crippen LogP contribution in [0.4, 0.5) is 0 Å². The molecule has 1 atom stereocenters. The second-order valence-electron chi connectivity index (χ2n) is 8.22. The minimum atomic E-state index is -0.128. The Balaban J connectivity index is 1.95. The first-order valence-electron chi connectivity index (χ1n) is 11.0. The van der Waals surface area contributed by atoms with Gasteiger partial charge in [0.25, 0.3) is 11.8 Å². The van der Waals surface area contributed by atoms with Gasteiger partial charge in [-0.05, 0) is 56.0 Å². The van der Waals surface area contributed by atoms with E-state index in [1.165, 1.54) is 0 Å². The van der Waals surface area contributed by atoms with Crippen LogP contribution in [-0.4, -0.2) is 53.9 Å². The average molecular weight is 443 g/mol. The maximum Gasteiger partial charge on any atom is 0.257 e. The molecule has 6 heteroatoms. The molecular formula is C25H31ClN2O3. The number of para-hydroxylation sites is 1. The lowest BCUT2D eigenvalue weighted by Crippen LogP contribution is -2.47. The Morgan fingerprint density at radius 1 is 1.13 bits per heavy atom. The third-order valence-electron chi connectivity index (χ3n) is 5.78. The monoisotopic (exact) mass is 442 g/mol. The fourth-order valence-electron chi connectivity index (χ4n) is 3.95. The lowest BCUT2D eigenvalue weighted by Gasteiger charge is -2.35. The summed E-state index contributed by atoms with van der Waals surface area (Å²) in [6.45, 7) is 8.37. The highest BCUT2D eigenvalue weighted by Crippen LogP contribution is 2.24. The smallest absolute Gasteiger partial charge is 0.257 e. The van der Waals surface area contributed by atoms with Crippen molar-refractivity contribution in [3.63, 3.8) is 0 Å². The molecule has 0 saturated carbocycles. The van der Waals surface area contributed by atoms with Crippen molar-refractivity contribution in [3.05, 3.63) is 64.7 Å². The minimum absolute atomic E-state index is 0.00775. The standard InChI is InChI=1S/C25H31ClN2O3/c1-4-27-14-7-8-15-28(24(29)19-10-9-11-20(26)16-19)22(18(2)3)17-31-23-13-6-5-12-21(23)25(27)30/h5-6,9-13,16,18,22H,4,7-8,14-15,17H2,1-3H3/t22-/m1/s1. The van der Waals surface area contributed by atoms with Crippen molar-refractivity contribution < 1.29 is 14.3 Å². The van der Waals surface area contributed by atoms with Crippen LogP contribution in [-0.2, 0) is 0 Å². The van der Waals surface area contributed by atoms with E-state index in [1.54, 1.807) is 24.3 Å². The van der Waals surface area contributed by atoms with Crippen molar-refractivity contribution in [1.82, 2.24) is 9.80 Å². The fourth-order valence-corrected chi connectivity index (χ4v) is 4.14. The van der Waals surface area contributed by atoms with Crippen LogP contribution in [0.5, 0.6) is 5.75 Å². The van der Waals surface area contributed by atoms with Crippen molar-refractivity contribution in [1.29, 1.82) is 0 Å². The molecule has 1 aliphatic rings. The molecule has 2 amide bonds. The molecule has 2 aromatic rings. The van der Waals surface area contributed by atoms with E-state index in [4.69, 9.17) is 16.3 Å². The molecule has 0 aromatic heterocycles. The predicted octanol–water partition coefficient (Wildman–Crippen LogP) is 5.14. The summed E-state index contributed by atoms with van der Waals surface area (Å²) in [5.74, 6) is 0.693. The van der Waals surface area contributed by atoms with E-state index in [-0.39, 0.29) is 23.8 Å². The number of fused-ring (bicyclic) bond motifs is 1. The lowest BCUT2D eigenvalue weighted by molar-refractivity contribution is 0.0512. The summed E-state index contributed by atoms with van der Waals surface area (Å²) in [4.78, 5) is 30.3. The van der Waals surface area contributed by atoms with Crippen molar-refractivity contribution in [2.24, 2.45) is 5.92 Å². The number of hydrogen-bond acceptors (Lipinski definition) is 3. The molecule has 0 spiro atoms. The minimum Gasteiger partial charge on any atom is -0.491 e. The Morgan fingerprint density at radius 2 is 1.87 bits per heavy atom. The first-order chi connectivity index (χ1) is 14.9. The van der Waals surface area contributed by atoms with Crippen LogP contribution in [0.15, 0.2) is 48.5 Å². The Bertz CT molecular complexity index is 915. The molecule has 166 valence electrons. The lowest BCUT2D eigenvalue weighted by atomic mass is 10.0. The molecule has 0 saturated heterocycles. The van der Waals surface area contributed by atoms with E-state index in [0.29, 0.717) is 48.1 Å². The van der Waals surface area contributed by atoms with E-state index < -0.39 is 0 Å². The first kappa shape index (κ1) is 23.1. The number of benzene rings is 2. The number of hydrogen-bond donors (Lipinski definition) is 0. The van der Waals surface area contributed by atoms with E-state index in [1.807, 2.05) is 41.0 Å². The Morgan fingerprint density at radius 3 is 2.58 bits per heavy atom. The summed E-state index contributed by atoms with van der Waals surface area (Å²) in [6.07, 6.45) is 1.63. The van der Waals surface area contributed by atoms with Gasteiger partial charge in [0.2, 0.25) is 0 Å². The van der Waals surface area contributed by atoms with Crippen LogP contribution < -0.4 is 4.74 Å². The third-order valence-corrected chi connectivity index (χ3v) is 6.01. The van der Waals surface area contributed by atoms with Gasteiger partial charge in [-0.25, -0.2) is 0 Å². The molecule has 0 N–H and O–H groups in total. The topological polar surface area (TPSA) is 49.9 Å². The van der Waals surface area contributed by atoms with Crippen LogP contribution in [0, 0.1) is 5.92 Å². The first-order valence-corrected chi connectivity index (χ1v) is 11.4. The number of rotatable bonds is 3. The van der Waals surface area contributed by atoms with E-state index >= 15 is 0 Å². The molecule has 0 fully saturated rings. The molecule has 1 aliphatic heterocycles. The average Bonchev–Trinajstić information content (AvgIpc) is 2.76. The number of halogens is 1. The van der Waals surface area contributed by atoms with Gasteiger partial charge in [-0.2, -0.15) is 0 Å². The zero-order valence-corrected chi connectivity index (χ0v) is 19.3. The van der Waals surface area contributed by atoms with Gasteiger partial charge in [-0.3, -0.25) is 9.59 Å². The molecule has 1 heterocycles. The zero-order chi connectivity index (χ0) is 22.4. The van der Waals surface area contributed by atoms with E-state index in [2.05, 4.69) is 13.8 Å². The van der Waals surface area contributed by atoms with Crippen molar-refractivity contribution in [3.8, 4) is 5.75 Å². The van der Waals surface area contributed by atoms with Crippen molar-refractivity contribution >= 4 is 23.4 Å². The molecule has 31 heavy (non-hydrogen) atoms. The Hall–Kier alpha value is -2.53. The van der Waals surface area contributed by atoms with Crippen LogP contribution >= 0.6 is 11.6 Å². The molecule has 0 radical (unpaired) electrons. The highest BCUT2D eigenvalue weighted by atomic mass is 35.5. The highest BCUT2D eigenvalue weighted by Gasteiger charge is 2.29. The SMILES string of the molecule is CCN1CCCCN(C(=O)c2cccc(Cl)c2)[C@@H](C(C)C)COc2ccccc2C1=O. The molecule has 2 aromatic carbocycles. The summed E-state index contributed by atoms with van der Waals surface area (Å²) in [7, 11) is 0. The molecule has 0 aliphatic carbocycles. The van der Waals surface area contributed by atoms with Crippen LogP contribution in [0.25, 0.3) is 0 Å². The number of ether oxygens (including phenoxy) is 1. The largest absolute Gasteiger partial charge is 0.491 e. The molecule has 0 bridgehead atoms. The highest BCUT2D eigenvalue weighted by molar-refractivity contribution is 6.30. The summed E-state index contributed by atoms with van der Waals surface area (Å²) in [6, 6.07) is 14.3. The van der Waals surface area contributed by atoms with Gasteiger partial charge in [-0.15, -0.1) is 0 Å². The number of carbonyl (C=O) groups excluding carboxylic acids is 2. The maximum atomic E-state index is 13.4. The summed E-state index contributed by atoms with van der Waals surface area (Å²) >= 11 is 6.14. The van der Waals surface area contributed by atoms with Gasteiger partial charge >= 0.3 is 0 Å². The molecule has 0 unspecified atom stereocenters. The van der Waals surface area contributed by atoms with Gasteiger partial charge in [0.05, 0.1) is 11.6 Å². The fraction of sp³-hybridized carbons (Fsp3) is 0.440. The second kappa shape index (κ2) is 10.7. The van der Waals surface area contributed by atoms with Crippen molar-refractivity contribution in [2.45, 2.75) is 39.7 Å². The van der Waals surface area contributed by atoms with Gasteiger partial charge in [-0.1, -0.05) is 43.6 Å². The summed E-state index contributed by atoms with van der Waals surface area (Å²) in [5, 5.41) is 0.545. The quantitative estimate of drug-likeness (QED) is 0.661. The second-order valence-corrected chi connectivity index (χ2v) is 8.66. The zero-order valence-electron chi connectivity index (χ0n) is 18.5. The number of amides is 2. The van der Waals surface area contributed by atoms with Gasteiger partial charge < -0.3 is 14.5 Å². The van der Waals surface area contributed by atoms with E-state index in [9.17, 15) is 9.59 Å². The predicted molar refractivity (Wildman–Crippen MR) is 124 cm³/mol. The molecule has 5 nitrogen and oxygen atoms in total. The molecule has 3 rings (SSSR count). The van der Waals surface area contributed by atoms with Crippen LogP contribution in [0.3, 0.4) is 0 Å². The Labute approximate surface area is 189 Å².